The van der Waals surface area contributed by atoms with Crippen molar-refractivity contribution in [3.05, 3.63) is 77.0 Å². The number of hydrogen-bond donors (Lipinski definition) is 2. The zero-order chi connectivity index (χ0) is 19.5. The van der Waals surface area contributed by atoms with E-state index in [1.807, 2.05) is 30.3 Å². The highest BCUT2D eigenvalue weighted by Crippen LogP contribution is 2.38. The van der Waals surface area contributed by atoms with Crippen LogP contribution in [0.4, 0.5) is 5.69 Å². The quantitative estimate of drug-likeness (QED) is 0.268. The van der Waals surface area contributed by atoms with Crippen molar-refractivity contribution in [2.45, 2.75) is 18.9 Å². The number of halogens is 1. The molecule has 2 N–H and O–H groups in total. The van der Waals surface area contributed by atoms with Gasteiger partial charge in [-0.1, -0.05) is 12.1 Å². The van der Waals surface area contributed by atoms with Crippen molar-refractivity contribution in [1.29, 1.82) is 10.7 Å². The maximum absolute atomic E-state index is 9.45. The van der Waals surface area contributed by atoms with Gasteiger partial charge >= 0.3 is 0 Å². The molecule has 140 valence electrons. The second kappa shape index (κ2) is 8.29. The van der Waals surface area contributed by atoms with Crippen LogP contribution in [-0.4, -0.2) is 10.7 Å². The molecule has 0 saturated heterocycles. The van der Waals surface area contributed by atoms with Gasteiger partial charge in [0.05, 0.1) is 17.8 Å². The Kier molecular flexibility index (Phi) is 5.60. The minimum Gasteiger partial charge on any atom is -0.486 e. The smallest absolute Gasteiger partial charge is 0.181 e. The van der Waals surface area contributed by atoms with Gasteiger partial charge in [0.25, 0.3) is 0 Å². The molecule has 1 aliphatic rings. The Morgan fingerprint density at radius 1 is 1.39 bits per heavy atom. The molecule has 1 aliphatic carbocycles. The van der Waals surface area contributed by atoms with Gasteiger partial charge < -0.3 is 14.2 Å². The van der Waals surface area contributed by atoms with E-state index in [-0.39, 0.29) is 11.8 Å². The molecule has 1 heterocycles. The predicted molar refractivity (Wildman–Crippen MR) is 118 cm³/mol. The lowest BCUT2D eigenvalue weighted by Crippen LogP contribution is -2.08. The third-order valence-electron chi connectivity index (χ3n) is 4.71. The lowest BCUT2D eigenvalue weighted by atomic mass is 10.0. The highest BCUT2D eigenvalue weighted by molar-refractivity contribution is 14.2. The van der Waals surface area contributed by atoms with Crippen molar-refractivity contribution in [2.75, 3.05) is 5.09 Å². The van der Waals surface area contributed by atoms with Gasteiger partial charge in [0.1, 0.15) is 17.6 Å². The lowest BCUT2D eigenvalue weighted by Gasteiger charge is -2.18. The summed E-state index contributed by atoms with van der Waals surface area (Å²) in [6.45, 7) is 0. The monoisotopic (exact) mass is 502 g/mol. The van der Waals surface area contributed by atoms with Gasteiger partial charge in [-0.2, -0.15) is 5.26 Å². The van der Waals surface area contributed by atoms with E-state index in [1.165, 1.54) is 18.2 Å². The van der Waals surface area contributed by atoms with Crippen LogP contribution in [0.2, 0.25) is 0 Å². The summed E-state index contributed by atoms with van der Waals surface area (Å²) < 4.78 is 11.6. The first-order valence-electron chi connectivity index (χ1n) is 8.63. The molecule has 6 nitrogen and oxygen atoms in total. The van der Waals surface area contributed by atoms with Crippen molar-refractivity contribution in [3.63, 3.8) is 0 Å². The molecular formula is C20H16IN4O2P. The molecule has 0 amide bonds. The van der Waals surface area contributed by atoms with E-state index >= 15 is 0 Å². The van der Waals surface area contributed by atoms with Crippen molar-refractivity contribution in [3.8, 4) is 11.8 Å². The van der Waals surface area contributed by atoms with Crippen molar-refractivity contribution in [2.24, 2.45) is 0 Å². The van der Waals surface area contributed by atoms with Crippen LogP contribution < -0.4 is 9.82 Å². The average Bonchev–Trinajstić information content (AvgIpc) is 3.39. The normalized spacial score (nSPS) is 15.4. The van der Waals surface area contributed by atoms with E-state index in [0.29, 0.717) is 29.0 Å². The molecule has 3 aromatic rings. The Labute approximate surface area is 177 Å². The van der Waals surface area contributed by atoms with Crippen LogP contribution >= 0.6 is 28.4 Å². The zero-order valence-corrected chi connectivity index (χ0v) is 17.9. The van der Waals surface area contributed by atoms with E-state index in [9.17, 15) is 5.26 Å². The molecule has 8 heteroatoms. The number of aromatic nitrogens is 1. The molecule has 4 rings (SSSR count). The second-order valence-corrected chi connectivity index (χ2v) is 8.36. The topological polar surface area (TPSA) is 94.9 Å². The van der Waals surface area contributed by atoms with Crippen molar-refractivity contribution < 1.29 is 9.15 Å². The molecule has 1 aromatic heterocycles. The van der Waals surface area contributed by atoms with E-state index in [0.717, 1.165) is 24.1 Å². The number of nitrogens with zero attached hydrogens (tertiary/aromatic N) is 2. The first-order chi connectivity index (χ1) is 13.7. The van der Waals surface area contributed by atoms with Crippen LogP contribution in [0.25, 0.3) is 0 Å². The molecule has 0 radical (unpaired) electrons. The van der Waals surface area contributed by atoms with Gasteiger partial charge in [-0.3, -0.25) is 5.41 Å². The Morgan fingerprint density at radius 2 is 2.29 bits per heavy atom. The minimum atomic E-state index is -0.163. The van der Waals surface area contributed by atoms with Crippen LogP contribution in [0, 0.1) is 16.7 Å². The third kappa shape index (κ3) is 3.62. The number of nitriles is 1. The highest BCUT2D eigenvalue weighted by atomic mass is 127. The van der Waals surface area contributed by atoms with Crippen LogP contribution in [0.15, 0.2) is 53.4 Å². The summed E-state index contributed by atoms with van der Waals surface area (Å²) in [7, 11) is 0. The van der Waals surface area contributed by atoms with Gasteiger partial charge in [0, 0.05) is 23.2 Å². The summed E-state index contributed by atoms with van der Waals surface area (Å²) in [6, 6.07) is 13.7. The number of aryl methyl sites for hydroxylation is 1. The summed E-state index contributed by atoms with van der Waals surface area (Å²) in [5.74, 6) is 1.06. The summed E-state index contributed by atoms with van der Waals surface area (Å²) in [5.41, 5.74) is 4.58. The molecule has 2 unspecified atom stereocenters. The molecule has 0 fully saturated rings. The fraction of sp³-hybridized carbons (Fsp3) is 0.150. The minimum absolute atomic E-state index is 0.163. The van der Waals surface area contributed by atoms with Gasteiger partial charge in [-0.05, 0) is 64.7 Å². The predicted octanol–water partition coefficient (Wildman–Crippen LogP) is 5.38. The fourth-order valence-electron chi connectivity index (χ4n) is 3.46. The van der Waals surface area contributed by atoms with Crippen LogP contribution in [-0.2, 0) is 6.42 Å². The Morgan fingerprint density at radius 3 is 3.04 bits per heavy atom. The van der Waals surface area contributed by atoms with E-state index in [4.69, 9.17) is 14.6 Å². The number of anilines is 1. The molecule has 0 bridgehead atoms. The van der Waals surface area contributed by atoms with Gasteiger partial charge in [-0.15, -0.1) is 0 Å². The molecule has 0 spiro atoms. The number of oxazole rings is 1. The highest BCUT2D eigenvalue weighted by Gasteiger charge is 2.27. The molecular weight excluding hydrogens is 486 g/mol. The standard InChI is InChI=1S/C20H16IN4O2P/c21-28-25-16-6-5-14(8-15(16)20(23)18-10-24-11-26-18)27-17-7-4-12-2-1-3-13(9-22)19(12)17/h1-3,5-6,8,10-11,17,23,25,28H,4,7H2. The lowest BCUT2D eigenvalue weighted by molar-refractivity contribution is 0.207. The zero-order valence-electron chi connectivity index (χ0n) is 14.7. The molecule has 28 heavy (non-hydrogen) atoms. The van der Waals surface area contributed by atoms with E-state index < -0.39 is 0 Å². The average molecular weight is 502 g/mol. The summed E-state index contributed by atoms with van der Waals surface area (Å²) in [4.78, 5) is 3.90. The number of hydrogen-bond acceptors (Lipinski definition) is 6. The molecule has 0 aliphatic heterocycles. The van der Waals surface area contributed by atoms with E-state index in [1.54, 1.807) is 0 Å². The number of fused-ring (bicyclic) bond motifs is 1. The SMILES string of the molecule is N#Cc1cccc2c1C(Oc1ccc(NPI)c(C(=N)c3cnco3)c1)CC2. The largest absolute Gasteiger partial charge is 0.486 e. The van der Waals surface area contributed by atoms with Gasteiger partial charge in [-0.25, -0.2) is 4.98 Å². The van der Waals surface area contributed by atoms with Crippen molar-refractivity contribution >= 4 is 39.8 Å². The Balaban J connectivity index is 1.67. The fourth-order valence-corrected chi connectivity index (χ4v) is 4.65. The number of rotatable bonds is 6. The summed E-state index contributed by atoms with van der Waals surface area (Å²) in [6.07, 6.45) is 4.87. The van der Waals surface area contributed by atoms with Gasteiger partial charge in [0.2, 0.25) is 0 Å². The van der Waals surface area contributed by atoms with Gasteiger partial charge in [0.15, 0.2) is 12.2 Å². The number of benzene rings is 2. The maximum atomic E-state index is 9.45. The number of ether oxygens (including phenoxy) is 1. The Hall–Kier alpha value is -2.43. The third-order valence-corrected chi connectivity index (χ3v) is 5.89. The maximum Gasteiger partial charge on any atom is 0.181 e. The summed E-state index contributed by atoms with van der Waals surface area (Å²) in [5, 5.41) is 21.2. The van der Waals surface area contributed by atoms with Crippen LogP contribution in [0.5, 0.6) is 5.75 Å². The van der Waals surface area contributed by atoms with Crippen molar-refractivity contribution in [1.82, 2.24) is 4.98 Å². The molecule has 2 atom stereocenters. The van der Waals surface area contributed by atoms with Crippen LogP contribution in [0.3, 0.4) is 0 Å². The van der Waals surface area contributed by atoms with Crippen LogP contribution in [0.1, 0.15) is 40.5 Å². The number of nitrogens with one attached hydrogen (secondary N) is 2. The second-order valence-electron chi connectivity index (χ2n) is 6.30. The first kappa shape index (κ1) is 18.9. The Bertz CT molecular complexity index is 1060. The molecule has 2 aromatic carbocycles. The first-order valence-corrected chi connectivity index (χ1v) is 12.7. The molecule has 0 saturated carbocycles. The summed E-state index contributed by atoms with van der Waals surface area (Å²) >= 11 is 2.25. The van der Waals surface area contributed by atoms with E-state index in [2.05, 4.69) is 44.2 Å².